The van der Waals surface area contributed by atoms with Crippen LogP contribution >= 0.6 is 0 Å². The smallest absolute Gasteiger partial charge is 0.319 e. The Morgan fingerprint density at radius 2 is 1.74 bits per heavy atom. The standard InChI is InChI=1S/C55H56F2N10O6/c1-3-40-44(56)11-6-34-21-39(68)22-42(48(34)40)50-49(57)51-43(24-59-50)52(65-28-37-7-8-38(29-65)67(37)47(70)19-31(2)23-58)62-55(61-51)73-30-33-5-4-16-63(26-33)25-32-14-17-64(18-15-32)36-9-10-41-35(20-36)27-66(54(41)72)45-12-13-46(69)60-53(45)71/h1,6,9-11,20-22,24,31-33,37-38,45,68H,4-5,7-8,12-19,25-30H2,2H3,(H,60,69,71). The van der Waals surface area contributed by atoms with Gasteiger partial charge in [-0.3, -0.25) is 29.5 Å². The van der Waals surface area contributed by atoms with Gasteiger partial charge in [0, 0.05) is 105 Å². The molecule has 16 nitrogen and oxygen atoms in total. The maximum absolute atomic E-state index is 17.3. The third-order valence-corrected chi connectivity index (χ3v) is 15.9. The zero-order chi connectivity index (χ0) is 50.7. The molecule has 5 saturated heterocycles. The first kappa shape index (κ1) is 47.9. The van der Waals surface area contributed by atoms with Gasteiger partial charge in [-0.15, -0.1) is 6.42 Å². The predicted molar refractivity (Wildman–Crippen MR) is 267 cm³/mol. The van der Waals surface area contributed by atoms with Crippen molar-refractivity contribution in [2.75, 3.05) is 62.2 Å². The van der Waals surface area contributed by atoms with Gasteiger partial charge in [-0.2, -0.15) is 15.2 Å². The number of terminal acetylenes is 1. The van der Waals surface area contributed by atoms with Gasteiger partial charge in [0.15, 0.2) is 5.82 Å². The number of nitrogens with zero attached hydrogens (tertiary/aromatic N) is 9. The second kappa shape index (κ2) is 19.5. The zero-order valence-electron chi connectivity index (χ0n) is 40.7. The van der Waals surface area contributed by atoms with E-state index in [9.17, 15) is 29.5 Å². The van der Waals surface area contributed by atoms with Crippen molar-refractivity contribution in [1.29, 1.82) is 5.26 Å². The number of carbonyl (C=O) groups is 4. The molecule has 5 aromatic rings. The lowest BCUT2D eigenvalue weighted by Gasteiger charge is -2.42. The molecular formula is C55H56F2N10O6. The van der Waals surface area contributed by atoms with E-state index < -0.39 is 29.5 Å². The third-order valence-electron chi connectivity index (χ3n) is 15.9. The minimum absolute atomic E-state index is 0.00697. The number of nitrogens with one attached hydrogen (secondary N) is 1. The average molecular weight is 991 g/mol. The summed E-state index contributed by atoms with van der Waals surface area (Å²) in [4.78, 5) is 75.6. The Morgan fingerprint density at radius 3 is 2.49 bits per heavy atom. The first-order valence-corrected chi connectivity index (χ1v) is 25.5. The highest BCUT2D eigenvalue weighted by molar-refractivity contribution is 6.06. The second-order valence-corrected chi connectivity index (χ2v) is 20.7. The van der Waals surface area contributed by atoms with Crippen LogP contribution in [0.1, 0.15) is 86.2 Å². The van der Waals surface area contributed by atoms with Crippen LogP contribution in [-0.2, 0) is 20.9 Å². The summed E-state index contributed by atoms with van der Waals surface area (Å²) in [6, 6.07) is 12.6. The molecule has 0 saturated carbocycles. The fourth-order valence-corrected chi connectivity index (χ4v) is 12.3. The number of piperazine rings is 1. The van der Waals surface area contributed by atoms with E-state index in [4.69, 9.17) is 16.1 Å². The number of benzene rings is 3. The quantitative estimate of drug-likeness (QED) is 0.111. The molecule has 18 heteroatoms. The Kier molecular flexibility index (Phi) is 12.8. The number of amides is 4. The zero-order valence-corrected chi connectivity index (χ0v) is 40.7. The highest BCUT2D eigenvalue weighted by Crippen LogP contribution is 2.41. The number of hydrogen-bond donors (Lipinski definition) is 2. The Morgan fingerprint density at radius 1 is 0.945 bits per heavy atom. The molecule has 5 fully saturated rings. The van der Waals surface area contributed by atoms with Gasteiger partial charge in [0.25, 0.3) is 5.91 Å². The van der Waals surface area contributed by atoms with E-state index in [0.29, 0.717) is 60.7 Å². The molecule has 2 bridgehead atoms. The van der Waals surface area contributed by atoms with Gasteiger partial charge in [-0.05, 0) is 112 Å². The van der Waals surface area contributed by atoms with Gasteiger partial charge < -0.3 is 34.3 Å². The molecule has 0 radical (unpaired) electrons. The molecule has 0 aliphatic carbocycles. The van der Waals surface area contributed by atoms with Crippen molar-refractivity contribution in [2.45, 2.75) is 89.4 Å². The monoisotopic (exact) mass is 990 g/mol. The molecule has 3 aromatic carbocycles. The van der Waals surface area contributed by atoms with Crippen LogP contribution in [0.4, 0.5) is 20.3 Å². The number of hydrogen-bond acceptors (Lipinski definition) is 13. The number of aromatic hydroxyl groups is 1. The average Bonchev–Trinajstić information content (AvgIpc) is 3.86. The number of ether oxygens (including phenoxy) is 1. The van der Waals surface area contributed by atoms with Crippen LogP contribution in [0.3, 0.4) is 0 Å². The lowest BCUT2D eigenvalue weighted by atomic mass is 9.93. The molecule has 73 heavy (non-hydrogen) atoms. The Hall–Kier alpha value is -7.44. The molecule has 6 aliphatic rings. The molecule has 2 aromatic heterocycles. The van der Waals surface area contributed by atoms with Crippen molar-refractivity contribution >= 4 is 56.8 Å². The van der Waals surface area contributed by atoms with Crippen LogP contribution in [-0.4, -0.2) is 129 Å². The van der Waals surface area contributed by atoms with E-state index in [2.05, 4.69) is 43.1 Å². The summed E-state index contributed by atoms with van der Waals surface area (Å²) in [5, 5.41) is 23.5. The fourth-order valence-electron chi connectivity index (χ4n) is 12.3. The number of halogens is 2. The minimum atomic E-state index is -0.815. The van der Waals surface area contributed by atoms with E-state index >= 15 is 8.78 Å². The van der Waals surface area contributed by atoms with E-state index in [0.717, 1.165) is 82.5 Å². The first-order chi connectivity index (χ1) is 35.3. The van der Waals surface area contributed by atoms with Gasteiger partial charge in [0.2, 0.25) is 17.7 Å². The molecule has 5 atom stereocenters. The molecule has 5 unspecified atom stereocenters. The summed E-state index contributed by atoms with van der Waals surface area (Å²) in [6.07, 6.45) is 13.4. The number of aromatic nitrogens is 3. The number of nitriles is 1. The maximum Gasteiger partial charge on any atom is 0.319 e. The van der Waals surface area contributed by atoms with Gasteiger partial charge in [-0.1, -0.05) is 12.0 Å². The number of phenolic OH excluding ortho intramolecular Hbond substituents is 1. The van der Waals surface area contributed by atoms with Crippen LogP contribution in [0.2, 0.25) is 0 Å². The molecule has 4 amide bonds. The van der Waals surface area contributed by atoms with Crippen molar-refractivity contribution in [3.63, 3.8) is 0 Å². The van der Waals surface area contributed by atoms with E-state index in [1.165, 1.54) is 30.5 Å². The van der Waals surface area contributed by atoms with Crippen LogP contribution < -0.4 is 19.9 Å². The van der Waals surface area contributed by atoms with Crippen molar-refractivity contribution in [3.8, 4) is 41.4 Å². The van der Waals surface area contributed by atoms with Gasteiger partial charge in [0.05, 0.1) is 29.5 Å². The highest BCUT2D eigenvalue weighted by Gasteiger charge is 2.44. The largest absolute Gasteiger partial charge is 0.508 e. The van der Waals surface area contributed by atoms with Gasteiger partial charge in [-0.25, -0.2) is 8.78 Å². The van der Waals surface area contributed by atoms with Crippen LogP contribution in [0.25, 0.3) is 32.9 Å². The number of pyridine rings is 1. The summed E-state index contributed by atoms with van der Waals surface area (Å²) in [7, 11) is 0. The minimum Gasteiger partial charge on any atom is -0.508 e. The topological polar surface area (TPSA) is 188 Å². The molecular weight excluding hydrogens is 935 g/mol. The molecule has 376 valence electrons. The van der Waals surface area contributed by atoms with Gasteiger partial charge >= 0.3 is 6.01 Å². The maximum atomic E-state index is 17.3. The van der Waals surface area contributed by atoms with E-state index in [1.807, 2.05) is 21.9 Å². The number of piperidine rings is 3. The Bertz CT molecular complexity index is 3150. The predicted octanol–water partition coefficient (Wildman–Crippen LogP) is 6.31. The number of rotatable bonds is 11. The van der Waals surface area contributed by atoms with Gasteiger partial charge in [0.1, 0.15) is 34.6 Å². The summed E-state index contributed by atoms with van der Waals surface area (Å²) in [5.41, 5.74) is 2.34. The van der Waals surface area contributed by atoms with Crippen molar-refractivity contribution in [3.05, 3.63) is 77.0 Å². The lowest BCUT2D eigenvalue weighted by Crippen LogP contribution is -2.56. The van der Waals surface area contributed by atoms with Crippen LogP contribution in [0.5, 0.6) is 11.8 Å². The summed E-state index contributed by atoms with van der Waals surface area (Å²) in [5.74, 6) is 0.431. The van der Waals surface area contributed by atoms with E-state index in [-0.39, 0.29) is 88.0 Å². The number of anilines is 2. The van der Waals surface area contributed by atoms with Crippen LogP contribution in [0.15, 0.2) is 48.7 Å². The molecule has 6 aliphatic heterocycles. The molecule has 11 rings (SSSR count). The first-order valence-electron chi connectivity index (χ1n) is 25.5. The Labute approximate surface area is 421 Å². The van der Waals surface area contributed by atoms with Crippen molar-refractivity contribution in [2.24, 2.45) is 17.8 Å². The van der Waals surface area contributed by atoms with E-state index in [1.54, 1.807) is 11.8 Å². The normalized spacial score (nSPS) is 22.9. The lowest BCUT2D eigenvalue weighted by molar-refractivity contribution is -0.137. The third kappa shape index (κ3) is 9.11. The molecule has 8 heterocycles. The number of fused-ring (bicyclic) bond motifs is 5. The second-order valence-electron chi connectivity index (χ2n) is 20.7. The number of carbonyl (C=O) groups excluding carboxylic acids is 4. The molecule has 0 spiro atoms. The number of phenols is 1. The summed E-state index contributed by atoms with van der Waals surface area (Å²) >= 11 is 0. The summed E-state index contributed by atoms with van der Waals surface area (Å²) < 4.78 is 39.0. The highest BCUT2D eigenvalue weighted by atomic mass is 19.1. The van der Waals surface area contributed by atoms with Crippen LogP contribution in [0, 0.1) is 53.1 Å². The SMILES string of the molecule is C#Cc1c(F)ccc2cc(O)cc(-c3ncc4c(N5CC6CCC(C5)N6C(=O)CC(C)C#N)nc(OCC5CCCN(CC6CCN(c7ccc8c(c7)CN(C7CCC(=O)NC7=O)C8=O)CC6)C5)nc4c3F)c12. The summed E-state index contributed by atoms with van der Waals surface area (Å²) in [6.45, 7) is 7.72. The van der Waals surface area contributed by atoms with Crippen molar-refractivity contribution in [1.82, 2.24) is 35.0 Å². The number of imide groups is 1. The van der Waals surface area contributed by atoms with Crippen molar-refractivity contribution < 1.29 is 37.8 Å². The molecule has 2 N–H and O–H groups in total. The number of likely N-dealkylation sites (tertiary alicyclic amines) is 1. The fraction of sp³-hybridized carbons (Fsp3) is 0.455. The Balaban J connectivity index is 0.792.